The molecule has 1 aliphatic heterocycles. The van der Waals surface area contributed by atoms with Crippen molar-refractivity contribution in [2.75, 3.05) is 5.75 Å². The minimum Gasteiger partial charge on any atom is -0.351 e. The largest absolute Gasteiger partial charge is 0.351 e. The summed E-state index contributed by atoms with van der Waals surface area (Å²) in [6, 6.07) is 0.480. The number of nitrogens with zero attached hydrogens (tertiary/aromatic N) is 2. The van der Waals surface area contributed by atoms with E-state index in [4.69, 9.17) is 4.99 Å². The van der Waals surface area contributed by atoms with E-state index in [1.807, 2.05) is 17.8 Å². The summed E-state index contributed by atoms with van der Waals surface area (Å²) in [6.45, 7) is 12.8. The van der Waals surface area contributed by atoms with Crippen LogP contribution < -0.4 is 0 Å². The Hall–Kier alpha value is -0.700. The molecule has 2 nitrogen and oxygen atoms in total. The van der Waals surface area contributed by atoms with Crippen molar-refractivity contribution in [1.82, 2.24) is 4.90 Å². The summed E-state index contributed by atoms with van der Waals surface area (Å²) in [5.41, 5.74) is 1.34. The molecule has 0 bridgehead atoms. The highest BCUT2D eigenvalue weighted by Gasteiger charge is 2.34. The number of hydrogen-bond donors (Lipinski definition) is 0. The maximum absolute atomic E-state index is 5.10. The lowest BCUT2D eigenvalue weighted by Crippen LogP contribution is -2.46. The normalized spacial score (nSPS) is 23.0. The van der Waals surface area contributed by atoms with Crippen LogP contribution in [0.25, 0.3) is 0 Å². The van der Waals surface area contributed by atoms with E-state index in [1.54, 1.807) is 0 Å². The molecule has 0 aromatic rings. The van der Waals surface area contributed by atoms with Gasteiger partial charge in [0.2, 0.25) is 0 Å². The van der Waals surface area contributed by atoms with Gasteiger partial charge in [0.1, 0.15) is 5.66 Å². The van der Waals surface area contributed by atoms with Gasteiger partial charge in [0.25, 0.3) is 0 Å². The summed E-state index contributed by atoms with van der Waals surface area (Å²) in [5, 5.41) is 1.25. The van der Waals surface area contributed by atoms with Crippen LogP contribution in [0.15, 0.2) is 29.4 Å². The molecule has 21 heavy (non-hydrogen) atoms. The average Bonchev–Trinajstić information content (AvgIpc) is 2.44. The Labute approximate surface area is 134 Å². The van der Waals surface area contributed by atoms with Crippen LogP contribution in [0.4, 0.5) is 0 Å². The number of hydrogen-bond acceptors (Lipinski definition) is 3. The molecule has 1 fully saturated rings. The van der Waals surface area contributed by atoms with Crippen LogP contribution in [0.3, 0.4) is 0 Å². The highest BCUT2D eigenvalue weighted by atomic mass is 32.2. The molecule has 0 radical (unpaired) electrons. The van der Waals surface area contributed by atoms with Gasteiger partial charge in [0.15, 0.2) is 0 Å². The molecule has 1 aliphatic carbocycles. The summed E-state index contributed by atoms with van der Waals surface area (Å²) in [7, 11) is 0. The van der Waals surface area contributed by atoms with Gasteiger partial charge in [-0.05, 0) is 46.5 Å². The molecule has 0 N–H and O–H groups in total. The van der Waals surface area contributed by atoms with E-state index in [2.05, 4.69) is 45.4 Å². The Balaban J connectivity index is 2.30. The fourth-order valence-corrected chi connectivity index (χ4v) is 4.41. The predicted molar refractivity (Wildman–Crippen MR) is 95.8 cm³/mol. The summed E-state index contributed by atoms with van der Waals surface area (Å²) < 4.78 is 0. The Bertz CT molecular complexity index is 428. The smallest absolute Gasteiger partial charge is 0.127 e. The van der Waals surface area contributed by atoms with Gasteiger partial charge in [0, 0.05) is 23.6 Å². The molecule has 3 heteroatoms. The molecule has 1 heterocycles. The van der Waals surface area contributed by atoms with Gasteiger partial charge in [-0.2, -0.15) is 0 Å². The zero-order valence-corrected chi connectivity index (χ0v) is 14.9. The highest BCUT2D eigenvalue weighted by Crippen LogP contribution is 2.38. The van der Waals surface area contributed by atoms with Crippen molar-refractivity contribution in [3.63, 3.8) is 0 Å². The molecule has 2 rings (SSSR count). The van der Waals surface area contributed by atoms with E-state index < -0.39 is 0 Å². The molecule has 0 unspecified atom stereocenters. The Kier molecular flexibility index (Phi) is 5.59. The van der Waals surface area contributed by atoms with E-state index >= 15 is 0 Å². The second-order valence-electron chi connectivity index (χ2n) is 6.93. The quantitative estimate of drug-likeness (QED) is 0.661. The number of aliphatic imine (C=N–C) groups is 1. The van der Waals surface area contributed by atoms with E-state index in [0.29, 0.717) is 12.0 Å². The van der Waals surface area contributed by atoms with Crippen LogP contribution in [-0.2, 0) is 0 Å². The standard InChI is InChI=1S/C18H30N2S/c1-6-12-21-17-16(15-10-8-7-9-11-15)13-20(14(2)3)18(4,5)19-17/h6,13-15H,1,7-12H2,2-5H3. The first-order valence-electron chi connectivity index (χ1n) is 8.30. The van der Waals surface area contributed by atoms with Gasteiger partial charge < -0.3 is 4.90 Å². The zero-order valence-electron chi connectivity index (χ0n) is 14.1. The molecule has 2 aliphatic rings. The fourth-order valence-electron chi connectivity index (χ4n) is 3.46. The lowest BCUT2D eigenvalue weighted by atomic mass is 9.83. The lowest BCUT2D eigenvalue weighted by Gasteiger charge is -2.43. The van der Waals surface area contributed by atoms with E-state index in [-0.39, 0.29) is 5.66 Å². The van der Waals surface area contributed by atoms with Crippen molar-refractivity contribution >= 4 is 16.8 Å². The first-order valence-corrected chi connectivity index (χ1v) is 9.28. The zero-order chi connectivity index (χ0) is 15.5. The molecule has 0 saturated heterocycles. The molecule has 118 valence electrons. The Morgan fingerprint density at radius 1 is 1.38 bits per heavy atom. The van der Waals surface area contributed by atoms with Crippen molar-refractivity contribution < 1.29 is 0 Å². The lowest BCUT2D eigenvalue weighted by molar-refractivity contribution is 0.149. The van der Waals surface area contributed by atoms with Crippen LogP contribution in [0, 0.1) is 5.92 Å². The molecule has 0 spiro atoms. The molecular formula is C18H30N2S. The third-order valence-corrected chi connectivity index (χ3v) is 5.47. The molecule has 1 saturated carbocycles. The third-order valence-electron chi connectivity index (χ3n) is 4.47. The minimum absolute atomic E-state index is 0.143. The second kappa shape index (κ2) is 7.04. The SMILES string of the molecule is C=CCSC1=NC(C)(C)N(C(C)C)C=C1C1CCCCC1. The van der Waals surface area contributed by atoms with Gasteiger partial charge in [-0.1, -0.05) is 25.3 Å². The summed E-state index contributed by atoms with van der Waals surface area (Å²) in [6.07, 6.45) is 11.2. The Morgan fingerprint density at radius 2 is 2.05 bits per heavy atom. The molecular weight excluding hydrogens is 276 g/mol. The summed E-state index contributed by atoms with van der Waals surface area (Å²) in [5.74, 6) is 1.65. The van der Waals surface area contributed by atoms with Crippen LogP contribution in [0.2, 0.25) is 0 Å². The van der Waals surface area contributed by atoms with Crippen LogP contribution >= 0.6 is 11.8 Å². The monoisotopic (exact) mass is 306 g/mol. The average molecular weight is 307 g/mol. The summed E-state index contributed by atoms with van der Waals surface area (Å²) >= 11 is 1.85. The van der Waals surface area contributed by atoms with Crippen LogP contribution in [0.5, 0.6) is 0 Å². The van der Waals surface area contributed by atoms with Crippen molar-refractivity contribution in [2.24, 2.45) is 10.9 Å². The first-order chi connectivity index (χ1) is 9.95. The topological polar surface area (TPSA) is 15.6 Å². The molecule has 0 amide bonds. The van der Waals surface area contributed by atoms with Crippen LogP contribution in [0.1, 0.15) is 59.8 Å². The van der Waals surface area contributed by atoms with Crippen molar-refractivity contribution in [3.05, 3.63) is 24.4 Å². The molecule has 0 atom stereocenters. The number of rotatable bonds is 4. The second-order valence-corrected chi connectivity index (χ2v) is 7.94. The van der Waals surface area contributed by atoms with Gasteiger partial charge >= 0.3 is 0 Å². The number of thioether (sulfide) groups is 1. The van der Waals surface area contributed by atoms with Gasteiger partial charge in [-0.3, -0.25) is 4.99 Å². The molecule has 0 aromatic carbocycles. The third kappa shape index (κ3) is 3.94. The fraction of sp³-hybridized carbons (Fsp3) is 0.722. The van der Waals surface area contributed by atoms with E-state index in [0.717, 1.165) is 5.75 Å². The minimum atomic E-state index is -0.143. The summed E-state index contributed by atoms with van der Waals surface area (Å²) in [4.78, 5) is 7.53. The van der Waals surface area contributed by atoms with Gasteiger partial charge in [-0.25, -0.2) is 0 Å². The maximum Gasteiger partial charge on any atom is 0.127 e. The predicted octanol–water partition coefficient (Wildman–Crippen LogP) is 5.23. The van der Waals surface area contributed by atoms with Gasteiger partial charge in [-0.15, -0.1) is 18.3 Å². The van der Waals surface area contributed by atoms with E-state index in [9.17, 15) is 0 Å². The maximum atomic E-state index is 5.10. The van der Waals surface area contributed by atoms with E-state index in [1.165, 1.54) is 42.7 Å². The first kappa shape index (κ1) is 16.7. The highest BCUT2D eigenvalue weighted by molar-refractivity contribution is 8.14. The molecule has 0 aromatic heterocycles. The van der Waals surface area contributed by atoms with Gasteiger partial charge in [0.05, 0.1) is 5.04 Å². The Morgan fingerprint density at radius 3 is 2.62 bits per heavy atom. The van der Waals surface area contributed by atoms with Crippen molar-refractivity contribution in [1.29, 1.82) is 0 Å². The van der Waals surface area contributed by atoms with Crippen molar-refractivity contribution in [3.8, 4) is 0 Å². The van der Waals surface area contributed by atoms with Crippen molar-refractivity contribution in [2.45, 2.75) is 71.5 Å². The van der Waals surface area contributed by atoms with Crippen LogP contribution in [-0.4, -0.2) is 27.4 Å².